The zero-order chi connectivity index (χ0) is 16.0. The van der Waals surface area contributed by atoms with Gasteiger partial charge in [0.1, 0.15) is 33.8 Å². The molecule has 4 rings (SSSR count). The maximum atomic E-state index is 13.0. The molecule has 0 unspecified atom stereocenters. The summed E-state index contributed by atoms with van der Waals surface area (Å²) in [5, 5.41) is 3.82. The van der Waals surface area contributed by atoms with Crippen LogP contribution in [0.3, 0.4) is 0 Å². The van der Waals surface area contributed by atoms with Gasteiger partial charge in [-0.2, -0.15) is 4.37 Å². The molecule has 0 saturated heterocycles. The summed E-state index contributed by atoms with van der Waals surface area (Å²) in [6.07, 6.45) is 1.39. The molecule has 0 N–H and O–H groups in total. The molecule has 0 amide bonds. The van der Waals surface area contributed by atoms with Crippen molar-refractivity contribution in [1.82, 2.24) is 19.1 Å². The summed E-state index contributed by atoms with van der Waals surface area (Å²) in [6.45, 7) is 1.74. The second-order valence-electron chi connectivity index (χ2n) is 4.93. The van der Waals surface area contributed by atoms with Gasteiger partial charge in [-0.05, 0) is 42.7 Å². The minimum absolute atomic E-state index is 0.269. The van der Waals surface area contributed by atoms with E-state index in [1.165, 1.54) is 23.0 Å². The zero-order valence-corrected chi connectivity index (χ0v) is 12.7. The van der Waals surface area contributed by atoms with E-state index in [1.807, 2.05) is 0 Å². The summed E-state index contributed by atoms with van der Waals surface area (Å²) in [7, 11) is 0. The molecule has 1 aromatic carbocycles. The van der Waals surface area contributed by atoms with Gasteiger partial charge in [0.25, 0.3) is 5.56 Å². The van der Waals surface area contributed by atoms with Crippen LogP contribution in [0.2, 0.25) is 0 Å². The number of benzene rings is 1. The van der Waals surface area contributed by atoms with Gasteiger partial charge in [0.05, 0.1) is 0 Å². The predicted octanol–water partition coefficient (Wildman–Crippen LogP) is 2.94. The molecule has 0 aliphatic carbocycles. The first-order valence-electron chi connectivity index (χ1n) is 6.70. The highest BCUT2D eigenvalue weighted by molar-refractivity contribution is 7.13. The van der Waals surface area contributed by atoms with Crippen molar-refractivity contribution in [3.8, 4) is 17.1 Å². The molecule has 0 saturated carbocycles. The smallest absolute Gasteiger partial charge is 0.278 e. The molecule has 3 aromatic heterocycles. The average molecular weight is 328 g/mol. The van der Waals surface area contributed by atoms with Crippen molar-refractivity contribution >= 4 is 21.7 Å². The van der Waals surface area contributed by atoms with E-state index < -0.39 is 0 Å². The number of hydrogen-bond donors (Lipinski definition) is 0. The van der Waals surface area contributed by atoms with Gasteiger partial charge < -0.3 is 4.52 Å². The van der Waals surface area contributed by atoms with E-state index in [9.17, 15) is 9.18 Å². The third-order valence-electron chi connectivity index (χ3n) is 3.36. The van der Waals surface area contributed by atoms with Crippen molar-refractivity contribution < 1.29 is 8.91 Å². The van der Waals surface area contributed by atoms with E-state index in [2.05, 4.69) is 14.5 Å². The minimum atomic E-state index is -0.329. The van der Waals surface area contributed by atoms with Crippen LogP contribution in [0.5, 0.6) is 0 Å². The van der Waals surface area contributed by atoms with E-state index in [-0.39, 0.29) is 11.4 Å². The first-order chi connectivity index (χ1) is 11.1. The number of aryl methyl sites for hydroxylation is 1. The lowest BCUT2D eigenvalue weighted by Crippen LogP contribution is -2.18. The highest BCUT2D eigenvalue weighted by atomic mass is 32.1. The number of halogens is 1. The molecule has 0 bridgehead atoms. The summed E-state index contributed by atoms with van der Waals surface area (Å²) in [5.41, 5.74) is 1.49. The molecular weight excluding hydrogens is 319 g/mol. The van der Waals surface area contributed by atoms with Gasteiger partial charge in [-0.15, -0.1) is 0 Å². The number of hydrogen-bond acceptors (Lipinski definition) is 6. The number of aromatic nitrogens is 4. The summed E-state index contributed by atoms with van der Waals surface area (Å²) in [6, 6.07) is 7.56. The van der Waals surface area contributed by atoms with Gasteiger partial charge in [-0.3, -0.25) is 4.79 Å². The monoisotopic (exact) mass is 328 g/mol. The molecule has 0 spiro atoms. The van der Waals surface area contributed by atoms with Crippen molar-refractivity contribution in [3.63, 3.8) is 0 Å². The largest absolute Gasteiger partial charge is 0.360 e. The van der Waals surface area contributed by atoms with E-state index >= 15 is 0 Å². The summed E-state index contributed by atoms with van der Waals surface area (Å²) >= 11 is 1.06. The number of nitrogens with zero attached hydrogens (tertiary/aromatic N) is 4. The lowest BCUT2D eigenvalue weighted by molar-refractivity contribution is 0.394. The van der Waals surface area contributed by atoms with E-state index in [1.54, 1.807) is 25.1 Å². The van der Waals surface area contributed by atoms with Gasteiger partial charge in [-0.1, -0.05) is 5.16 Å². The Morgan fingerprint density at radius 1 is 1.26 bits per heavy atom. The van der Waals surface area contributed by atoms with Crippen LogP contribution in [0.4, 0.5) is 4.39 Å². The molecular formula is C15H9FN4O2S. The molecule has 4 aromatic rings. The normalized spacial score (nSPS) is 11.2. The van der Waals surface area contributed by atoms with Crippen molar-refractivity contribution in [3.05, 3.63) is 58.6 Å². The second kappa shape index (κ2) is 5.10. The molecule has 8 heteroatoms. The first kappa shape index (κ1) is 13.8. The Morgan fingerprint density at radius 3 is 2.74 bits per heavy atom. The van der Waals surface area contributed by atoms with Gasteiger partial charge in [-0.25, -0.2) is 13.9 Å². The highest BCUT2D eigenvalue weighted by Gasteiger charge is 2.16. The average Bonchev–Trinajstić information content (AvgIpc) is 3.15. The Labute approximate surface area is 133 Å². The molecule has 6 nitrogen and oxygen atoms in total. The van der Waals surface area contributed by atoms with Crippen molar-refractivity contribution in [2.45, 2.75) is 6.92 Å². The quantitative estimate of drug-likeness (QED) is 0.565. The zero-order valence-electron chi connectivity index (χ0n) is 11.9. The van der Waals surface area contributed by atoms with Crippen LogP contribution in [0.1, 0.15) is 5.76 Å². The Balaban J connectivity index is 1.90. The fraction of sp³-hybridized carbons (Fsp3) is 0.0667. The lowest BCUT2D eigenvalue weighted by Gasteiger charge is -2.00. The van der Waals surface area contributed by atoms with Crippen LogP contribution >= 0.6 is 11.5 Å². The summed E-state index contributed by atoms with van der Waals surface area (Å²) < 4.78 is 24.0. The molecule has 3 heterocycles. The SMILES string of the molecule is Cc1cc(-n2cnc3c(-c4ccc(F)cc4)nsc3c2=O)no1. The highest BCUT2D eigenvalue weighted by Crippen LogP contribution is 2.27. The van der Waals surface area contributed by atoms with Crippen LogP contribution < -0.4 is 5.56 Å². The van der Waals surface area contributed by atoms with E-state index in [0.717, 1.165) is 11.5 Å². The fourth-order valence-corrected chi connectivity index (χ4v) is 3.04. The van der Waals surface area contributed by atoms with Crippen molar-refractivity contribution in [1.29, 1.82) is 0 Å². The number of rotatable bonds is 2. The maximum Gasteiger partial charge on any atom is 0.278 e. The van der Waals surface area contributed by atoms with Crippen LogP contribution in [-0.4, -0.2) is 19.1 Å². The Bertz CT molecular complexity index is 1070. The van der Waals surface area contributed by atoms with Crippen LogP contribution in [-0.2, 0) is 0 Å². The Hall–Kier alpha value is -2.87. The summed E-state index contributed by atoms with van der Waals surface area (Å²) in [5.74, 6) is 0.645. The van der Waals surface area contributed by atoms with Crippen LogP contribution in [0.15, 0.2) is 46.0 Å². The maximum absolute atomic E-state index is 13.0. The minimum Gasteiger partial charge on any atom is -0.360 e. The third-order valence-corrected chi connectivity index (χ3v) is 4.19. The predicted molar refractivity (Wildman–Crippen MR) is 83.2 cm³/mol. The second-order valence-corrected chi connectivity index (χ2v) is 5.70. The van der Waals surface area contributed by atoms with Crippen LogP contribution in [0.25, 0.3) is 27.3 Å². The topological polar surface area (TPSA) is 73.8 Å². The van der Waals surface area contributed by atoms with Gasteiger partial charge in [0.15, 0.2) is 5.82 Å². The molecule has 0 radical (unpaired) electrons. The number of fused-ring (bicyclic) bond motifs is 1. The van der Waals surface area contributed by atoms with Crippen molar-refractivity contribution in [2.24, 2.45) is 0 Å². The van der Waals surface area contributed by atoms with Gasteiger partial charge in [0, 0.05) is 11.6 Å². The standard InChI is InChI=1S/C15H9FN4O2S/c1-8-6-11(18-22-8)20-7-17-13-12(19-23-14(13)15(20)21)9-2-4-10(16)5-3-9/h2-7H,1H3. The van der Waals surface area contributed by atoms with Gasteiger partial charge in [0.2, 0.25) is 0 Å². The lowest BCUT2D eigenvalue weighted by atomic mass is 10.1. The van der Waals surface area contributed by atoms with Crippen LogP contribution in [0, 0.1) is 12.7 Å². The molecule has 0 fully saturated rings. The summed E-state index contributed by atoms with van der Waals surface area (Å²) in [4.78, 5) is 16.9. The van der Waals surface area contributed by atoms with Crippen molar-refractivity contribution in [2.75, 3.05) is 0 Å². The Morgan fingerprint density at radius 2 is 2.04 bits per heavy atom. The molecule has 0 aliphatic rings. The van der Waals surface area contributed by atoms with Gasteiger partial charge >= 0.3 is 0 Å². The molecule has 0 aliphatic heterocycles. The fourth-order valence-electron chi connectivity index (χ4n) is 2.25. The Kier molecular flexibility index (Phi) is 3.05. The van der Waals surface area contributed by atoms with E-state index in [4.69, 9.17) is 4.52 Å². The first-order valence-corrected chi connectivity index (χ1v) is 7.47. The molecule has 114 valence electrons. The van der Waals surface area contributed by atoms with E-state index in [0.29, 0.717) is 33.1 Å². The molecule has 0 atom stereocenters. The third kappa shape index (κ3) is 2.23. The molecule has 23 heavy (non-hydrogen) atoms.